The van der Waals surface area contributed by atoms with Crippen molar-refractivity contribution in [3.05, 3.63) is 71.7 Å². The van der Waals surface area contributed by atoms with Crippen molar-refractivity contribution in [1.29, 1.82) is 0 Å². The molecule has 1 aliphatic heterocycles. The molecule has 5 nitrogen and oxygen atoms in total. The van der Waals surface area contributed by atoms with Gasteiger partial charge in [-0.05, 0) is 61.1 Å². The van der Waals surface area contributed by atoms with E-state index in [1.54, 1.807) is 36.6 Å². The standard InChI is InChI=1S/C18H14N2O3S/c1-12-5-2-6-13(11-12)20-17(22)15(16(21)19-18(20)24)9-3-7-14-8-4-10-23-14/h2-11H,1H3,(H,19,21,24)/b7-3+,15-9-. The van der Waals surface area contributed by atoms with Gasteiger partial charge in [0, 0.05) is 0 Å². The number of carbonyl (C=O) groups is 2. The van der Waals surface area contributed by atoms with E-state index in [4.69, 9.17) is 16.6 Å². The van der Waals surface area contributed by atoms with Crippen LogP contribution in [-0.4, -0.2) is 16.9 Å². The van der Waals surface area contributed by atoms with Crippen LogP contribution < -0.4 is 10.2 Å². The summed E-state index contributed by atoms with van der Waals surface area (Å²) < 4.78 is 5.16. The monoisotopic (exact) mass is 338 g/mol. The number of anilines is 1. The number of aryl methyl sites for hydroxylation is 1. The van der Waals surface area contributed by atoms with Crippen LogP contribution in [0.1, 0.15) is 11.3 Å². The molecule has 1 aromatic heterocycles. The van der Waals surface area contributed by atoms with E-state index in [2.05, 4.69) is 5.32 Å². The van der Waals surface area contributed by atoms with Gasteiger partial charge in [0.1, 0.15) is 11.3 Å². The Morgan fingerprint density at radius 3 is 2.75 bits per heavy atom. The van der Waals surface area contributed by atoms with Crippen LogP contribution in [0.3, 0.4) is 0 Å². The van der Waals surface area contributed by atoms with Crippen LogP contribution in [-0.2, 0) is 9.59 Å². The molecular formula is C18H14N2O3S. The van der Waals surface area contributed by atoms with Gasteiger partial charge in [0.05, 0.1) is 12.0 Å². The fraction of sp³-hybridized carbons (Fsp3) is 0.0556. The quantitative estimate of drug-likeness (QED) is 0.531. The average molecular weight is 338 g/mol. The smallest absolute Gasteiger partial charge is 0.270 e. The molecule has 1 fully saturated rings. The van der Waals surface area contributed by atoms with E-state index in [0.717, 1.165) is 5.56 Å². The molecule has 24 heavy (non-hydrogen) atoms. The molecule has 2 amide bonds. The molecule has 3 rings (SSSR count). The van der Waals surface area contributed by atoms with Gasteiger partial charge in [0.25, 0.3) is 11.8 Å². The summed E-state index contributed by atoms with van der Waals surface area (Å²) in [7, 11) is 0. The molecule has 0 aliphatic carbocycles. The number of hydrogen-bond donors (Lipinski definition) is 1. The van der Waals surface area contributed by atoms with E-state index >= 15 is 0 Å². The molecule has 1 saturated heterocycles. The second-order valence-electron chi connectivity index (χ2n) is 5.19. The zero-order valence-electron chi connectivity index (χ0n) is 12.9. The number of nitrogens with one attached hydrogen (secondary N) is 1. The zero-order chi connectivity index (χ0) is 17.1. The highest BCUT2D eigenvalue weighted by molar-refractivity contribution is 7.80. The minimum atomic E-state index is -0.516. The summed E-state index contributed by atoms with van der Waals surface area (Å²) in [5, 5.41) is 2.62. The lowest BCUT2D eigenvalue weighted by molar-refractivity contribution is -0.122. The number of furan rings is 1. The Bertz CT molecular complexity index is 866. The van der Waals surface area contributed by atoms with E-state index in [-0.39, 0.29) is 10.7 Å². The number of benzene rings is 1. The lowest BCUT2D eigenvalue weighted by Gasteiger charge is -2.28. The highest BCUT2D eigenvalue weighted by Gasteiger charge is 2.34. The van der Waals surface area contributed by atoms with Crippen LogP contribution in [0.5, 0.6) is 0 Å². The number of allylic oxidation sites excluding steroid dienone is 2. The van der Waals surface area contributed by atoms with Gasteiger partial charge < -0.3 is 4.42 Å². The Labute approximate surface area is 144 Å². The van der Waals surface area contributed by atoms with Gasteiger partial charge in [-0.3, -0.25) is 19.8 Å². The Hall–Kier alpha value is -2.99. The van der Waals surface area contributed by atoms with Gasteiger partial charge in [0.2, 0.25) is 0 Å². The Balaban J connectivity index is 1.91. The minimum absolute atomic E-state index is 0.00733. The predicted octanol–water partition coefficient (Wildman–Crippen LogP) is 2.98. The molecule has 0 unspecified atom stereocenters. The number of carbonyl (C=O) groups excluding carboxylic acids is 2. The summed E-state index contributed by atoms with van der Waals surface area (Å²) in [6, 6.07) is 10.9. The minimum Gasteiger partial charge on any atom is -0.465 e. The Morgan fingerprint density at radius 1 is 1.21 bits per heavy atom. The van der Waals surface area contributed by atoms with Crippen molar-refractivity contribution in [1.82, 2.24) is 5.32 Å². The molecule has 0 radical (unpaired) electrons. The number of hydrogen-bond acceptors (Lipinski definition) is 4. The number of rotatable bonds is 3. The lowest BCUT2D eigenvalue weighted by Crippen LogP contribution is -2.54. The van der Waals surface area contributed by atoms with Crippen LogP contribution in [0.25, 0.3) is 6.08 Å². The van der Waals surface area contributed by atoms with Crippen molar-refractivity contribution in [3.8, 4) is 0 Å². The maximum Gasteiger partial charge on any atom is 0.270 e. The fourth-order valence-corrected chi connectivity index (χ4v) is 2.58. The van der Waals surface area contributed by atoms with E-state index in [1.165, 1.54) is 11.0 Å². The highest BCUT2D eigenvalue weighted by Crippen LogP contribution is 2.21. The Morgan fingerprint density at radius 2 is 2.04 bits per heavy atom. The first-order chi connectivity index (χ1) is 11.6. The number of thiocarbonyl (C=S) groups is 1. The van der Waals surface area contributed by atoms with Crippen molar-refractivity contribution in [2.24, 2.45) is 0 Å². The van der Waals surface area contributed by atoms with Crippen molar-refractivity contribution in [3.63, 3.8) is 0 Å². The second-order valence-corrected chi connectivity index (χ2v) is 5.58. The van der Waals surface area contributed by atoms with Crippen molar-refractivity contribution in [2.45, 2.75) is 6.92 Å². The molecule has 1 aliphatic rings. The number of nitrogens with zero attached hydrogens (tertiary/aromatic N) is 1. The van der Waals surface area contributed by atoms with Gasteiger partial charge in [-0.1, -0.05) is 18.2 Å². The average Bonchev–Trinajstić information content (AvgIpc) is 3.03. The maximum atomic E-state index is 12.7. The Kier molecular flexibility index (Phi) is 4.39. The highest BCUT2D eigenvalue weighted by atomic mass is 32.1. The largest absolute Gasteiger partial charge is 0.465 e. The van der Waals surface area contributed by atoms with Crippen LogP contribution in [0.4, 0.5) is 5.69 Å². The first-order valence-electron chi connectivity index (χ1n) is 7.24. The third-order valence-corrected chi connectivity index (χ3v) is 3.71. The van der Waals surface area contributed by atoms with Gasteiger partial charge in [-0.2, -0.15) is 0 Å². The number of amides is 2. The van der Waals surface area contributed by atoms with E-state index in [1.807, 2.05) is 25.1 Å². The third kappa shape index (κ3) is 3.18. The SMILES string of the molecule is Cc1cccc(N2C(=O)/C(=C\C=C\c3ccco3)C(=O)NC2=S)c1. The van der Waals surface area contributed by atoms with Gasteiger partial charge in [-0.15, -0.1) is 0 Å². The molecule has 1 N–H and O–H groups in total. The van der Waals surface area contributed by atoms with Crippen molar-refractivity contribution in [2.75, 3.05) is 4.90 Å². The van der Waals surface area contributed by atoms with Crippen molar-refractivity contribution < 1.29 is 14.0 Å². The van der Waals surface area contributed by atoms with Crippen molar-refractivity contribution >= 4 is 40.9 Å². The maximum absolute atomic E-state index is 12.7. The summed E-state index contributed by atoms with van der Waals surface area (Å²) in [5.74, 6) is -0.349. The second kappa shape index (κ2) is 6.64. The molecule has 0 atom stereocenters. The predicted molar refractivity (Wildman–Crippen MR) is 95.2 cm³/mol. The van der Waals surface area contributed by atoms with Gasteiger partial charge >= 0.3 is 0 Å². The first-order valence-corrected chi connectivity index (χ1v) is 7.65. The third-order valence-electron chi connectivity index (χ3n) is 3.43. The summed E-state index contributed by atoms with van der Waals surface area (Å²) in [6.07, 6.45) is 6.25. The van der Waals surface area contributed by atoms with Crippen LogP contribution in [0.2, 0.25) is 0 Å². The van der Waals surface area contributed by atoms with Crippen LogP contribution >= 0.6 is 12.2 Å². The molecule has 0 saturated carbocycles. The molecule has 2 heterocycles. The van der Waals surface area contributed by atoms with Crippen LogP contribution in [0, 0.1) is 6.92 Å². The summed E-state index contributed by atoms with van der Waals surface area (Å²) >= 11 is 5.15. The lowest BCUT2D eigenvalue weighted by atomic mass is 10.1. The van der Waals surface area contributed by atoms with Gasteiger partial charge in [-0.25, -0.2) is 0 Å². The molecule has 0 bridgehead atoms. The van der Waals surface area contributed by atoms with E-state index in [0.29, 0.717) is 11.4 Å². The molecule has 120 valence electrons. The topological polar surface area (TPSA) is 62.6 Å². The molecule has 0 spiro atoms. The van der Waals surface area contributed by atoms with E-state index < -0.39 is 11.8 Å². The first kappa shape index (κ1) is 15.9. The van der Waals surface area contributed by atoms with E-state index in [9.17, 15) is 9.59 Å². The molecule has 1 aromatic carbocycles. The summed E-state index contributed by atoms with van der Waals surface area (Å²) in [6.45, 7) is 1.92. The summed E-state index contributed by atoms with van der Waals surface area (Å²) in [4.78, 5) is 26.1. The zero-order valence-corrected chi connectivity index (χ0v) is 13.7. The summed E-state index contributed by atoms with van der Waals surface area (Å²) in [5.41, 5.74) is 1.61. The van der Waals surface area contributed by atoms with Crippen LogP contribution in [0.15, 0.2) is 64.8 Å². The molecular weight excluding hydrogens is 324 g/mol. The normalized spacial score (nSPS) is 17.0. The molecule has 6 heteroatoms. The molecule has 2 aromatic rings. The fourth-order valence-electron chi connectivity index (χ4n) is 2.30. The van der Waals surface area contributed by atoms with Gasteiger partial charge in [0.15, 0.2) is 5.11 Å².